The molecule has 0 fully saturated rings. The summed E-state index contributed by atoms with van der Waals surface area (Å²) in [6.07, 6.45) is 0. The minimum absolute atomic E-state index is 0.266. The van der Waals surface area contributed by atoms with Crippen LogP contribution in [0.5, 0.6) is 0 Å². The predicted octanol–water partition coefficient (Wildman–Crippen LogP) is 26.1. The number of fused-ring (bicyclic) bond motifs is 9. The first-order valence-electron chi connectivity index (χ1n) is 35.6. The van der Waals surface area contributed by atoms with Crippen molar-refractivity contribution in [3.63, 3.8) is 0 Å². The molecule has 102 heavy (non-hydrogen) atoms. The van der Waals surface area contributed by atoms with E-state index in [0.29, 0.717) is 17.6 Å². The van der Waals surface area contributed by atoms with Gasteiger partial charge in [0.15, 0.2) is 11.6 Å². The molecule has 0 unspecified atom stereocenters. The monoisotopic (exact) mass is 1310 g/mol. The first kappa shape index (κ1) is 61.9. The third kappa shape index (κ3) is 9.83. The Morgan fingerprint density at radius 1 is 0.245 bits per heavy atom. The fourth-order valence-corrected chi connectivity index (χ4v) is 17.9. The molecule has 0 amide bonds. The number of rotatable bonds is 11. The minimum Gasteiger partial charge on any atom is -0.278 e. The van der Waals surface area contributed by atoms with Crippen molar-refractivity contribution < 1.29 is 0 Å². The highest BCUT2D eigenvalue weighted by atomic mass is 15.2. The average molecular weight is 1310 g/mol. The highest BCUT2D eigenvalue weighted by Crippen LogP contribution is 2.54. The van der Waals surface area contributed by atoms with Gasteiger partial charge < -0.3 is 0 Å². The van der Waals surface area contributed by atoms with Gasteiger partial charge in [-0.3, -0.25) is 4.57 Å². The van der Waals surface area contributed by atoms with E-state index in [-0.39, 0.29) is 5.41 Å². The molecular formula is C98H74N4. The topological polar surface area (TPSA) is 43.6 Å². The summed E-state index contributed by atoms with van der Waals surface area (Å²) in [6.45, 7) is 18.6. The van der Waals surface area contributed by atoms with E-state index in [1.807, 2.05) is 0 Å². The van der Waals surface area contributed by atoms with E-state index < -0.39 is 0 Å². The molecule has 0 aliphatic heterocycles. The van der Waals surface area contributed by atoms with Crippen LogP contribution in [0.15, 0.2) is 303 Å². The predicted molar refractivity (Wildman–Crippen MR) is 430 cm³/mol. The molecule has 15 aromatic carbocycles. The molecule has 0 spiro atoms. The lowest BCUT2D eigenvalue weighted by Crippen LogP contribution is -2.15. The van der Waals surface area contributed by atoms with Gasteiger partial charge in [-0.25, -0.2) is 4.98 Å². The van der Waals surface area contributed by atoms with Gasteiger partial charge >= 0.3 is 0 Å². The van der Waals surface area contributed by atoms with Crippen molar-refractivity contribution in [2.75, 3.05) is 0 Å². The lowest BCUT2D eigenvalue weighted by atomic mass is 9.80. The van der Waals surface area contributed by atoms with Crippen LogP contribution in [-0.2, 0) is 5.41 Å². The van der Waals surface area contributed by atoms with Crippen LogP contribution in [-0.4, -0.2) is 19.5 Å². The van der Waals surface area contributed by atoms with Gasteiger partial charge in [-0.2, -0.15) is 9.97 Å². The summed E-state index contributed by atoms with van der Waals surface area (Å²) >= 11 is 0. The zero-order chi connectivity index (χ0) is 69.1. The summed E-state index contributed by atoms with van der Waals surface area (Å²) in [6, 6.07) is 111. The number of nitrogens with zero attached hydrogens (tertiary/aromatic N) is 4. The van der Waals surface area contributed by atoms with Crippen LogP contribution >= 0.6 is 0 Å². The molecule has 0 saturated carbocycles. The molecule has 4 heteroatoms. The molecule has 0 saturated heterocycles. The second kappa shape index (κ2) is 24.5. The molecular weight excluding hydrogens is 1230 g/mol. The van der Waals surface area contributed by atoms with Crippen LogP contribution in [0.3, 0.4) is 0 Å². The maximum Gasteiger partial charge on any atom is 0.238 e. The number of hydrogen-bond donors (Lipinski definition) is 0. The zero-order valence-electron chi connectivity index (χ0n) is 58.7. The fraction of sp³-hybridized carbons (Fsp3) is 0.0918. The summed E-state index contributed by atoms with van der Waals surface area (Å²) in [5, 5.41) is 6.70. The molecule has 17 aromatic rings. The van der Waals surface area contributed by atoms with Gasteiger partial charge in [0.2, 0.25) is 5.95 Å². The molecule has 2 heterocycles. The fourth-order valence-electron chi connectivity index (χ4n) is 17.9. The second-order valence-electron chi connectivity index (χ2n) is 28.2. The van der Waals surface area contributed by atoms with Crippen molar-refractivity contribution in [2.24, 2.45) is 0 Å². The second-order valence-corrected chi connectivity index (χ2v) is 28.2. The van der Waals surface area contributed by atoms with Gasteiger partial charge in [-0.1, -0.05) is 293 Å². The van der Waals surface area contributed by atoms with Crippen molar-refractivity contribution in [2.45, 2.75) is 60.8 Å². The lowest BCUT2D eigenvalue weighted by Gasteiger charge is -2.24. The molecule has 2 aromatic heterocycles. The van der Waals surface area contributed by atoms with Gasteiger partial charge in [0.1, 0.15) is 0 Å². The van der Waals surface area contributed by atoms with Crippen molar-refractivity contribution >= 4 is 43.4 Å². The van der Waals surface area contributed by atoms with E-state index in [2.05, 4.69) is 363 Å². The van der Waals surface area contributed by atoms with E-state index in [9.17, 15) is 0 Å². The molecule has 0 bridgehead atoms. The Labute approximate surface area is 596 Å². The summed E-state index contributed by atoms with van der Waals surface area (Å²) in [4.78, 5) is 17.2. The number of hydrogen-bond acceptors (Lipinski definition) is 3. The Balaban J connectivity index is 0.826. The van der Waals surface area contributed by atoms with Crippen molar-refractivity contribution in [3.05, 3.63) is 348 Å². The maximum absolute atomic E-state index is 5.74. The van der Waals surface area contributed by atoms with Gasteiger partial charge in [0.25, 0.3) is 0 Å². The van der Waals surface area contributed by atoms with Gasteiger partial charge in [0.05, 0.1) is 11.0 Å². The Morgan fingerprint density at radius 3 is 1.01 bits per heavy atom. The first-order valence-corrected chi connectivity index (χ1v) is 35.6. The standard InChI is InChI=1S/C98H74N4/c1-59-87(65-31-13-9-14-32-65)61(3)91(62(4)88(59)66-33-15-10-16-34-66)71-41-25-39-69(57-71)73-45-27-49-77-75(73)47-29-51-81(77)95-99-96(101-97(100-95)102-85-54-24-22-44-83(85)93-86(102)56-55-80-79-43-21-23-53-84(79)98(7,8)94(80)93)82-52-30-48-76-74(46-28-50-78(76)82)70-40-26-42-72(58-70)92-63(5)89(67-35-17-11-18-36-67)60(2)90(64(92)6)68-37-19-12-20-38-68/h9-58H,1-8H3. The summed E-state index contributed by atoms with van der Waals surface area (Å²) < 4.78 is 2.30. The summed E-state index contributed by atoms with van der Waals surface area (Å²) in [5.74, 6) is 1.74. The summed E-state index contributed by atoms with van der Waals surface area (Å²) in [7, 11) is 0. The van der Waals surface area contributed by atoms with Crippen LogP contribution in [0.4, 0.5) is 0 Å². The normalized spacial score (nSPS) is 12.4. The van der Waals surface area contributed by atoms with Gasteiger partial charge in [-0.15, -0.1) is 0 Å². The molecule has 0 radical (unpaired) electrons. The quantitative estimate of drug-likeness (QED) is 0.130. The molecule has 486 valence electrons. The number of aromatic nitrogens is 4. The van der Waals surface area contributed by atoms with Crippen LogP contribution < -0.4 is 0 Å². The van der Waals surface area contributed by atoms with Crippen LogP contribution in [0.25, 0.3) is 172 Å². The van der Waals surface area contributed by atoms with Crippen LogP contribution in [0.1, 0.15) is 58.4 Å². The van der Waals surface area contributed by atoms with E-state index in [4.69, 9.17) is 15.0 Å². The van der Waals surface area contributed by atoms with E-state index >= 15 is 0 Å². The Bertz CT molecular complexity index is 5830. The Morgan fingerprint density at radius 2 is 0.569 bits per heavy atom. The molecule has 0 atom stereocenters. The summed E-state index contributed by atoms with van der Waals surface area (Å²) in [5.41, 5.74) is 35.9. The average Bonchev–Trinajstić information content (AvgIpc) is 1.53. The Kier molecular flexibility index (Phi) is 14.9. The van der Waals surface area contributed by atoms with E-state index in [0.717, 1.165) is 71.3 Å². The third-order valence-corrected chi connectivity index (χ3v) is 22.2. The molecule has 1 aliphatic carbocycles. The highest BCUT2D eigenvalue weighted by molar-refractivity contribution is 6.15. The molecule has 4 nitrogen and oxygen atoms in total. The van der Waals surface area contributed by atoms with Crippen LogP contribution in [0.2, 0.25) is 0 Å². The van der Waals surface area contributed by atoms with Gasteiger partial charge in [0, 0.05) is 27.3 Å². The van der Waals surface area contributed by atoms with Crippen LogP contribution in [0, 0.1) is 41.5 Å². The Hall–Kier alpha value is -12.4. The SMILES string of the molecule is Cc1c(-c2ccccc2)c(C)c(-c2cccc(-c3cccc4c(-c5nc(-c6cccc7c(-c8cccc(-c9c(C)c(-c%10ccccc%10)c(C)c(-c%10ccccc%10)c9C)c8)cccc67)nc(-n6c7ccccc7c7c8c(ccc76)-c6ccccc6C8(C)C)n5)cccc34)c2)c(C)c1-c1ccccc1. The van der Waals surface area contributed by atoms with Crippen molar-refractivity contribution in [3.8, 4) is 129 Å². The third-order valence-electron chi connectivity index (χ3n) is 22.2. The van der Waals surface area contributed by atoms with Crippen molar-refractivity contribution in [1.29, 1.82) is 0 Å². The zero-order valence-corrected chi connectivity index (χ0v) is 58.7. The van der Waals surface area contributed by atoms with Gasteiger partial charge in [-0.05, 0) is 232 Å². The molecule has 0 N–H and O–H groups in total. The minimum atomic E-state index is -0.266. The maximum atomic E-state index is 5.74. The largest absolute Gasteiger partial charge is 0.278 e. The highest BCUT2D eigenvalue weighted by Gasteiger charge is 2.38. The molecule has 18 rings (SSSR count). The smallest absolute Gasteiger partial charge is 0.238 e. The molecule has 1 aliphatic rings. The number of para-hydroxylation sites is 1. The number of benzene rings is 15. The van der Waals surface area contributed by atoms with E-state index in [1.165, 1.54) is 128 Å². The van der Waals surface area contributed by atoms with Crippen molar-refractivity contribution in [1.82, 2.24) is 19.5 Å². The lowest BCUT2D eigenvalue weighted by molar-refractivity contribution is 0.666. The first-order chi connectivity index (χ1) is 49.9. The van der Waals surface area contributed by atoms with E-state index in [1.54, 1.807) is 0 Å².